The SMILES string of the molecule is C=C(C)C(=O)OCCC1(CCOC(O)C(C)C)c2cc(N(C3=CC(C(F)(F)F)C(OC(O)C(C)C)CC3)C3=CC=C(OC(=O)C(=C)C)C(C(F)(F)F)C3)ccc2C2C=CCCC21. The van der Waals surface area contributed by atoms with Crippen molar-refractivity contribution in [1.82, 2.24) is 0 Å². The smallest absolute Gasteiger partial charge is 0.399 e. The van der Waals surface area contributed by atoms with Crippen LogP contribution < -0.4 is 4.90 Å². The summed E-state index contributed by atoms with van der Waals surface area (Å²) >= 11 is 0. The minimum absolute atomic E-state index is 0.00385. The Kier molecular flexibility index (Phi) is 15.5. The van der Waals surface area contributed by atoms with E-state index >= 15 is 0 Å². The summed E-state index contributed by atoms with van der Waals surface area (Å²) in [5.41, 5.74) is 1.34. The lowest BCUT2D eigenvalue weighted by Gasteiger charge is -2.41. The molecule has 0 aromatic heterocycles. The molecule has 0 fully saturated rings. The zero-order valence-corrected chi connectivity index (χ0v) is 36.2. The normalized spacial score (nSPS) is 25.9. The first-order valence-electron chi connectivity index (χ1n) is 21.2. The van der Waals surface area contributed by atoms with Gasteiger partial charge in [0, 0.05) is 57.8 Å². The number of halogens is 6. The van der Waals surface area contributed by atoms with Crippen molar-refractivity contribution in [2.45, 2.75) is 129 Å². The lowest BCUT2D eigenvalue weighted by molar-refractivity contribution is -0.232. The molecule has 1 aromatic rings. The molecule has 0 radical (unpaired) electrons. The topological polar surface area (TPSA) is 115 Å². The fourth-order valence-electron chi connectivity index (χ4n) is 8.92. The number of esters is 2. The van der Waals surface area contributed by atoms with E-state index in [4.69, 9.17) is 18.9 Å². The Balaban J connectivity index is 1.72. The van der Waals surface area contributed by atoms with E-state index in [1.165, 1.54) is 24.8 Å². The summed E-state index contributed by atoms with van der Waals surface area (Å²) in [5, 5.41) is 21.1. The zero-order valence-electron chi connectivity index (χ0n) is 36.2. The molecule has 0 amide bonds. The van der Waals surface area contributed by atoms with Crippen LogP contribution in [0.5, 0.6) is 0 Å². The summed E-state index contributed by atoms with van der Waals surface area (Å²) in [6, 6.07) is 5.35. The van der Waals surface area contributed by atoms with E-state index < -0.39 is 78.3 Å². The van der Waals surface area contributed by atoms with Crippen LogP contribution in [0.4, 0.5) is 32.0 Å². The standard InChI is InChI=1S/C47H59F6NO8/c1-26(2)41(55)59-21-19-45(20-22-60-42(56)27(3)4)35-12-10-9-11-33(35)34-16-13-30(23-36(34)45)54(31-14-17-39(61-43(57)28(5)6)37(24-31)46(48,49)50)32-15-18-40(62-44(58)29(7)8)38(25-32)47(51,52)53/h9,11,13-14,16-17,23,25,27,29,33,35,37-38,40,42,44,56,58H,1,5,10,12,15,18-22,24H2,2-4,6-8H3. The molecule has 62 heavy (non-hydrogen) atoms. The predicted molar refractivity (Wildman–Crippen MR) is 221 cm³/mol. The number of allylic oxidation sites excluding steroid dienone is 7. The number of anilines is 1. The molecule has 0 heterocycles. The second kappa shape index (κ2) is 19.7. The molecule has 8 atom stereocenters. The third-order valence-electron chi connectivity index (χ3n) is 12.3. The van der Waals surface area contributed by atoms with Gasteiger partial charge in [-0.15, -0.1) is 0 Å². The number of rotatable bonds is 17. The molecule has 0 saturated heterocycles. The van der Waals surface area contributed by atoms with Gasteiger partial charge in [0.2, 0.25) is 0 Å². The molecule has 0 bridgehead atoms. The molecule has 0 aliphatic heterocycles. The average Bonchev–Trinajstić information content (AvgIpc) is 3.46. The highest BCUT2D eigenvalue weighted by Crippen LogP contribution is 2.59. The molecule has 8 unspecified atom stereocenters. The first-order chi connectivity index (χ1) is 29.0. The minimum Gasteiger partial charge on any atom is -0.462 e. The van der Waals surface area contributed by atoms with Crippen LogP contribution >= 0.6 is 0 Å². The number of aliphatic hydroxyl groups is 2. The lowest BCUT2D eigenvalue weighted by Crippen LogP contribution is -2.42. The first kappa shape index (κ1) is 48.8. The molecule has 1 aromatic carbocycles. The van der Waals surface area contributed by atoms with Gasteiger partial charge in [-0.3, -0.25) is 0 Å². The van der Waals surface area contributed by atoms with Gasteiger partial charge in [-0.1, -0.05) is 59.1 Å². The van der Waals surface area contributed by atoms with E-state index in [0.717, 1.165) is 36.1 Å². The van der Waals surface area contributed by atoms with Gasteiger partial charge in [0.25, 0.3) is 0 Å². The number of alkyl halides is 6. The Morgan fingerprint density at radius 2 is 1.55 bits per heavy atom. The van der Waals surface area contributed by atoms with E-state index in [9.17, 15) is 46.1 Å². The number of fused-ring (bicyclic) bond motifs is 3. The van der Waals surface area contributed by atoms with Gasteiger partial charge >= 0.3 is 24.3 Å². The molecular formula is C47H59F6NO8. The van der Waals surface area contributed by atoms with Crippen LogP contribution in [0.3, 0.4) is 0 Å². The van der Waals surface area contributed by atoms with Crippen LogP contribution in [0, 0.1) is 29.6 Å². The van der Waals surface area contributed by atoms with Crippen LogP contribution in [0.25, 0.3) is 0 Å². The molecule has 15 heteroatoms. The number of hydrogen-bond acceptors (Lipinski definition) is 9. The van der Waals surface area contributed by atoms with Crippen molar-refractivity contribution in [2.75, 3.05) is 18.1 Å². The molecule has 2 N–H and O–H groups in total. The Labute approximate surface area is 359 Å². The molecule has 9 nitrogen and oxygen atoms in total. The van der Waals surface area contributed by atoms with Gasteiger partial charge in [-0.2, -0.15) is 26.3 Å². The fourth-order valence-corrected chi connectivity index (χ4v) is 8.92. The molecule has 0 saturated carbocycles. The third-order valence-corrected chi connectivity index (χ3v) is 12.3. The largest absolute Gasteiger partial charge is 0.462 e. The minimum atomic E-state index is -4.93. The maximum atomic E-state index is 15.0. The average molecular weight is 880 g/mol. The lowest BCUT2D eigenvalue weighted by atomic mass is 9.65. The van der Waals surface area contributed by atoms with Gasteiger partial charge in [-0.05, 0) is 99.8 Å². The van der Waals surface area contributed by atoms with Crippen LogP contribution in [-0.2, 0) is 34.0 Å². The van der Waals surface area contributed by atoms with Crippen LogP contribution in [0.15, 0.2) is 90.0 Å². The van der Waals surface area contributed by atoms with E-state index in [1.807, 2.05) is 6.07 Å². The molecular weight excluding hydrogens is 821 g/mol. The van der Waals surface area contributed by atoms with Crippen LogP contribution in [0.2, 0.25) is 0 Å². The predicted octanol–water partition coefficient (Wildman–Crippen LogP) is 10.4. The number of hydrogen-bond donors (Lipinski definition) is 2. The number of benzene rings is 1. The molecule has 4 aliphatic carbocycles. The highest BCUT2D eigenvalue weighted by molar-refractivity contribution is 5.88. The van der Waals surface area contributed by atoms with Gasteiger partial charge in [0.15, 0.2) is 12.6 Å². The number of carbonyl (C=O) groups is 2. The summed E-state index contributed by atoms with van der Waals surface area (Å²) in [7, 11) is 0. The zero-order chi connectivity index (χ0) is 45.9. The van der Waals surface area contributed by atoms with Gasteiger partial charge < -0.3 is 34.1 Å². The van der Waals surface area contributed by atoms with Gasteiger partial charge in [-0.25, -0.2) is 9.59 Å². The van der Waals surface area contributed by atoms with Crippen molar-refractivity contribution in [2.24, 2.45) is 29.6 Å². The number of ether oxygens (including phenoxy) is 4. The fraction of sp³-hybridized carbons (Fsp3) is 0.574. The van der Waals surface area contributed by atoms with Crippen LogP contribution in [-0.4, -0.2) is 66.4 Å². The van der Waals surface area contributed by atoms with Crippen LogP contribution in [0.1, 0.15) is 104 Å². The molecule has 0 spiro atoms. The maximum Gasteiger partial charge on any atom is 0.399 e. The van der Waals surface area contributed by atoms with Crippen molar-refractivity contribution in [3.05, 3.63) is 101 Å². The van der Waals surface area contributed by atoms with E-state index in [-0.39, 0.29) is 72.0 Å². The number of aliphatic hydroxyl groups excluding tert-OH is 2. The summed E-state index contributed by atoms with van der Waals surface area (Å²) in [5.74, 6) is -7.75. The summed E-state index contributed by atoms with van der Waals surface area (Å²) < 4.78 is 112. The molecule has 4 aliphatic rings. The Morgan fingerprint density at radius 1 is 0.887 bits per heavy atom. The maximum absolute atomic E-state index is 15.0. The summed E-state index contributed by atoms with van der Waals surface area (Å²) in [4.78, 5) is 26.5. The van der Waals surface area contributed by atoms with E-state index in [2.05, 4.69) is 25.3 Å². The highest BCUT2D eigenvalue weighted by atomic mass is 19.4. The van der Waals surface area contributed by atoms with Crippen molar-refractivity contribution in [1.29, 1.82) is 0 Å². The summed E-state index contributed by atoms with van der Waals surface area (Å²) in [6.45, 7) is 16.9. The van der Waals surface area contributed by atoms with Gasteiger partial charge in [0.1, 0.15) is 17.6 Å². The van der Waals surface area contributed by atoms with E-state index in [0.29, 0.717) is 12.8 Å². The quantitative estimate of drug-likeness (QED) is 0.0519. The second-order valence-electron chi connectivity index (χ2n) is 17.6. The first-order valence-corrected chi connectivity index (χ1v) is 21.2. The molecule has 5 rings (SSSR count). The van der Waals surface area contributed by atoms with Crippen molar-refractivity contribution >= 4 is 17.6 Å². The third kappa shape index (κ3) is 10.9. The second-order valence-corrected chi connectivity index (χ2v) is 17.6. The monoisotopic (exact) mass is 879 g/mol. The summed E-state index contributed by atoms with van der Waals surface area (Å²) in [6.07, 6.45) is -5.26. The van der Waals surface area contributed by atoms with Crippen molar-refractivity contribution in [3.63, 3.8) is 0 Å². The number of nitrogens with zero attached hydrogens (tertiary/aromatic N) is 1. The van der Waals surface area contributed by atoms with Crippen molar-refractivity contribution < 1.29 is 65.1 Å². The Hall–Kier alpha value is -4.18. The molecule has 342 valence electrons. The highest BCUT2D eigenvalue weighted by Gasteiger charge is 2.53. The van der Waals surface area contributed by atoms with E-state index in [1.54, 1.807) is 39.8 Å². The van der Waals surface area contributed by atoms with Gasteiger partial charge in [0.05, 0.1) is 19.3 Å². The number of carbonyl (C=O) groups excluding carboxylic acids is 2. The Morgan fingerprint density at radius 3 is 2.16 bits per heavy atom. The Bertz CT molecular complexity index is 1960. The van der Waals surface area contributed by atoms with Crippen molar-refractivity contribution in [3.8, 4) is 0 Å².